The molecule has 19 heavy (non-hydrogen) atoms. The zero-order valence-electron chi connectivity index (χ0n) is 9.81. The fourth-order valence-electron chi connectivity index (χ4n) is 2.03. The Morgan fingerprint density at radius 1 is 1.47 bits per heavy atom. The topological polar surface area (TPSA) is 71.2 Å². The summed E-state index contributed by atoms with van der Waals surface area (Å²) in [4.78, 5) is 4.35. The summed E-state index contributed by atoms with van der Waals surface area (Å²) in [5.41, 5.74) is 0.824. The van der Waals surface area contributed by atoms with Crippen molar-refractivity contribution in [2.75, 3.05) is 6.54 Å². The second kappa shape index (κ2) is 5.20. The van der Waals surface area contributed by atoms with Gasteiger partial charge in [0, 0.05) is 16.6 Å². The molecule has 0 aliphatic carbocycles. The molecule has 0 saturated carbocycles. The van der Waals surface area contributed by atoms with Crippen molar-refractivity contribution in [2.45, 2.75) is 18.6 Å². The molecular weight excluding hydrogens is 334 g/mol. The standard InChI is InChI=1S/C12H11BrClN3O2/c13-8-3-6(1-2-9(8)14)11-16-12(19-17-11)10-4-7(18)5-15-10/h1-3,7,10,15,18H,4-5H2/t7-,10+/m0/s1. The third kappa shape index (κ3) is 2.67. The SMILES string of the molecule is O[C@@H]1CN[C@@H](c2nc(-c3ccc(Cl)c(Br)c3)no2)C1. The number of benzene rings is 1. The summed E-state index contributed by atoms with van der Waals surface area (Å²) in [6.45, 7) is 0.550. The van der Waals surface area contributed by atoms with Crippen molar-refractivity contribution in [3.8, 4) is 11.4 Å². The van der Waals surface area contributed by atoms with Crippen LogP contribution in [0, 0.1) is 0 Å². The van der Waals surface area contributed by atoms with Crippen molar-refractivity contribution in [1.82, 2.24) is 15.5 Å². The van der Waals surface area contributed by atoms with E-state index in [1.165, 1.54) is 0 Å². The maximum atomic E-state index is 9.48. The van der Waals surface area contributed by atoms with Crippen molar-refractivity contribution < 1.29 is 9.63 Å². The summed E-state index contributed by atoms with van der Waals surface area (Å²) < 4.78 is 6.02. The Bertz CT molecular complexity index is 604. The van der Waals surface area contributed by atoms with Gasteiger partial charge in [0.05, 0.1) is 17.2 Å². The van der Waals surface area contributed by atoms with Gasteiger partial charge >= 0.3 is 0 Å². The number of nitrogens with one attached hydrogen (secondary N) is 1. The van der Waals surface area contributed by atoms with E-state index in [1.807, 2.05) is 12.1 Å². The first-order valence-electron chi connectivity index (χ1n) is 5.84. The van der Waals surface area contributed by atoms with Crippen LogP contribution in [0.5, 0.6) is 0 Å². The van der Waals surface area contributed by atoms with E-state index in [2.05, 4.69) is 31.4 Å². The van der Waals surface area contributed by atoms with Crippen molar-refractivity contribution in [3.05, 3.63) is 33.6 Å². The molecule has 0 amide bonds. The fourth-order valence-corrected chi connectivity index (χ4v) is 2.53. The molecule has 0 unspecified atom stereocenters. The number of β-amino-alcohol motifs (C(OH)–C–C–N with tert-alkyl or cyclic N) is 1. The van der Waals surface area contributed by atoms with Gasteiger partial charge in [-0.2, -0.15) is 4.98 Å². The molecular formula is C12H11BrClN3O2. The third-order valence-corrected chi connectivity index (χ3v) is 4.24. The van der Waals surface area contributed by atoms with E-state index in [0.29, 0.717) is 29.7 Å². The molecule has 1 aromatic heterocycles. The number of hydrogen-bond donors (Lipinski definition) is 2. The first-order valence-corrected chi connectivity index (χ1v) is 7.01. The lowest BCUT2D eigenvalue weighted by Crippen LogP contribution is -2.15. The molecule has 100 valence electrons. The highest BCUT2D eigenvalue weighted by Crippen LogP contribution is 2.29. The van der Waals surface area contributed by atoms with Crippen LogP contribution in [0.3, 0.4) is 0 Å². The monoisotopic (exact) mass is 343 g/mol. The van der Waals surface area contributed by atoms with Gasteiger partial charge in [0.1, 0.15) is 0 Å². The average Bonchev–Trinajstić information content (AvgIpc) is 3.01. The number of nitrogens with zero attached hydrogens (tertiary/aromatic N) is 2. The normalized spacial score (nSPS) is 22.9. The molecule has 1 aliphatic rings. The van der Waals surface area contributed by atoms with Crippen LogP contribution in [-0.4, -0.2) is 27.9 Å². The van der Waals surface area contributed by atoms with Gasteiger partial charge < -0.3 is 14.9 Å². The molecule has 2 atom stereocenters. The molecule has 7 heteroatoms. The lowest BCUT2D eigenvalue weighted by Gasteiger charge is -2.01. The Hall–Kier alpha value is -0.950. The zero-order chi connectivity index (χ0) is 13.4. The molecule has 0 radical (unpaired) electrons. The van der Waals surface area contributed by atoms with Crippen LogP contribution >= 0.6 is 27.5 Å². The van der Waals surface area contributed by atoms with Crippen LogP contribution in [-0.2, 0) is 0 Å². The first-order chi connectivity index (χ1) is 9.13. The van der Waals surface area contributed by atoms with Crippen LogP contribution in [0.1, 0.15) is 18.4 Å². The lowest BCUT2D eigenvalue weighted by molar-refractivity contribution is 0.191. The maximum absolute atomic E-state index is 9.48. The van der Waals surface area contributed by atoms with E-state index in [-0.39, 0.29) is 12.1 Å². The molecule has 2 N–H and O–H groups in total. The predicted molar refractivity (Wildman–Crippen MR) is 73.8 cm³/mol. The highest BCUT2D eigenvalue weighted by molar-refractivity contribution is 9.10. The Morgan fingerprint density at radius 3 is 3.00 bits per heavy atom. The molecule has 5 nitrogen and oxygen atoms in total. The summed E-state index contributed by atoms with van der Waals surface area (Å²) in [5, 5.41) is 17.2. The van der Waals surface area contributed by atoms with E-state index in [1.54, 1.807) is 6.07 Å². The average molecular weight is 345 g/mol. The highest BCUT2D eigenvalue weighted by Gasteiger charge is 2.28. The summed E-state index contributed by atoms with van der Waals surface area (Å²) in [7, 11) is 0. The van der Waals surface area contributed by atoms with E-state index in [0.717, 1.165) is 10.0 Å². The Kier molecular flexibility index (Phi) is 3.58. The molecule has 1 fully saturated rings. The number of aromatic nitrogens is 2. The number of rotatable bonds is 2. The summed E-state index contributed by atoms with van der Waals surface area (Å²) in [5.74, 6) is 1.01. The molecule has 2 aromatic rings. The minimum absolute atomic E-state index is 0.0769. The fraction of sp³-hybridized carbons (Fsp3) is 0.333. The van der Waals surface area contributed by atoms with Crippen molar-refractivity contribution >= 4 is 27.5 Å². The van der Waals surface area contributed by atoms with E-state index in [9.17, 15) is 5.11 Å². The van der Waals surface area contributed by atoms with Crippen LogP contribution in [0.15, 0.2) is 27.2 Å². The molecule has 1 aromatic carbocycles. The van der Waals surface area contributed by atoms with E-state index in [4.69, 9.17) is 16.1 Å². The molecule has 1 aliphatic heterocycles. The van der Waals surface area contributed by atoms with Gasteiger partial charge in [-0.3, -0.25) is 0 Å². The molecule has 2 heterocycles. The first kappa shape index (κ1) is 13.1. The largest absolute Gasteiger partial charge is 0.392 e. The van der Waals surface area contributed by atoms with E-state index < -0.39 is 0 Å². The summed E-state index contributed by atoms with van der Waals surface area (Å²) in [6.07, 6.45) is 0.233. The minimum atomic E-state index is -0.356. The van der Waals surface area contributed by atoms with Gasteiger partial charge in [0.2, 0.25) is 11.7 Å². The second-order valence-corrected chi connectivity index (χ2v) is 5.70. The number of aliphatic hydroxyl groups is 1. The van der Waals surface area contributed by atoms with Crippen LogP contribution in [0.4, 0.5) is 0 Å². The van der Waals surface area contributed by atoms with Crippen molar-refractivity contribution in [1.29, 1.82) is 0 Å². The second-order valence-electron chi connectivity index (χ2n) is 4.44. The molecule has 0 spiro atoms. The third-order valence-electron chi connectivity index (χ3n) is 3.03. The zero-order valence-corrected chi connectivity index (χ0v) is 12.1. The van der Waals surface area contributed by atoms with Gasteiger partial charge in [-0.25, -0.2) is 0 Å². The van der Waals surface area contributed by atoms with Gasteiger partial charge in [0.25, 0.3) is 0 Å². The quantitative estimate of drug-likeness (QED) is 0.876. The van der Waals surface area contributed by atoms with Crippen LogP contribution in [0.25, 0.3) is 11.4 Å². The van der Waals surface area contributed by atoms with Crippen LogP contribution < -0.4 is 5.32 Å². The lowest BCUT2D eigenvalue weighted by atomic mass is 10.2. The number of hydrogen-bond acceptors (Lipinski definition) is 5. The summed E-state index contributed by atoms with van der Waals surface area (Å²) in [6, 6.07) is 5.37. The maximum Gasteiger partial charge on any atom is 0.244 e. The predicted octanol–water partition coefficient (Wildman–Crippen LogP) is 2.55. The number of aliphatic hydroxyl groups excluding tert-OH is 1. The van der Waals surface area contributed by atoms with Gasteiger partial charge in [-0.1, -0.05) is 16.8 Å². The minimum Gasteiger partial charge on any atom is -0.392 e. The molecule has 1 saturated heterocycles. The molecule has 0 bridgehead atoms. The van der Waals surface area contributed by atoms with Gasteiger partial charge in [-0.15, -0.1) is 0 Å². The smallest absolute Gasteiger partial charge is 0.244 e. The van der Waals surface area contributed by atoms with Crippen molar-refractivity contribution in [2.24, 2.45) is 0 Å². The number of halogens is 2. The Labute approximate surface area is 123 Å². The van der Waals surface area contributed by atoms with Gasteiger partial charge in [0.15, 0.2) is 0 Å². The molecule has 3 rings (SSSR count). The Morgan fingerprint density at radius 2 is 2.32 bits per heavy atom. The van der Waals surface area contributed by atoms with Crippen molar-refractivity contribution in [3.63, 3.8) is 0 Å². The highest BCUT2D eigenvalue weighted by atomic mass is 79.9. The van der Waals surface area contributed by atoms with Crippen LogP contribution in [0.2, 0.25) is 5.02 Å². The van der Waals surface area contributed by atoms with E-state index >= 15 is 0 Å². The summed E-state index contributed by atoms with van der Waals surface area (Å²) >= 11 is 9.30. The Balaban J connectivity index is 1.86. The van der Waals surface area contributed by atoms with Gasteiger partial charge in [-0.05, 0) is 40.5 Å².